The molecule has 1 aliphatic rings. The molecule has 1 aromatic carbocycles. The van der Waals surface area contributed by atoms with E-state index in [-0.39, 0.29) is 5.91 Å². The minimum absolute atomic E-state index is 0.0180. The summed E-state index contributed by atoms with van der Waals surface area (Å²) in [6.07, 6.45) is 0.327. The van der Waals surface area contributed by atoms with Crippen molar-refractivity contribution in [3.05, 3.63) is 29.3 Å². The van der Waals surface area contributed by atoms with Gasteiger partial charge in [-0.3, -0.25) is 9.79 Å². The first kappa shape index (κ1) is 11.6. The molecule has 0 unspecified atom stereocenters. The molecule has 1 amide bonds. The van der Waals surface area contributed by atoms with E-state index in [2.05, 4.69) is 15.6 Å². The third kappa shape index (κ3) is 2.84. The van der Waals surface area contributed by atoms with Crippen LogP contribution in [0.2, 0.25) is 0 Å². The maximum atomic E-state index is 11.8. The number of benzene rings is 1. The number of hydrogen-bond acceptors (Lipinski definition) is 3. The molecule has 0 saturated heterocycles. The number of hydrogen-bond donors (Lipinski definition) is 2. The molecule has 0 spiro atoms. The molecule has 1 heterocycles. The van der Waals surface area contributed by atoms with Gasteiger partial charge in [0, 0.05) is 12.2 Å². The minimum atomic E-state index is -0.0180. The number of amidine groups is 1. The summed E-state index contributed by atoms with van der Waals surface area (Å²) in [5, 5.41) is 6.04. The van der Waals surface area contributed by atoms with Crippen LogP contribution in [0.1, 0.15) is 17.5 Å². The molecule has 0 saturated carbocycles. The molecule has 2 rings (SSSR count). The summed E-state index contributed by atoms with van der Waals surface area (Å²) in [4.78, 5) is 16.0. The first-order valence-corrected chi connectivity index (χ1v) is 5.80. The third-order valence-electron chi connectivity index (χ3n) is 2.82. The predicted molar refractivity (Wildman–Crippen MR) is 69.5 cm³/mol. The normalized spacial score (nSPS) is 14.1. The second-order valence-corrected chi connectivity index (χ2v) is 4.25. The molecule has 0 aromatic heterocycles. The van der Waals surface area contributed by atoms with Gasteiger partial charge in [-0.05, 0) is 25.0 Å². The highest BCUT2D eigenvalue weighted by Crippen LogP contribution is 2.19. The van der Waals surface area contributed by atoms with Gasteiger partial charge >= 0.3 is 0 Å². The van der Waals surface area contributed by atoms with Crippen molar-refractivity contribution in [2.45, 2.75) is 20.3 Å². The van der Waals surface area contributed by atoms with Crippen molar-refractivity contribution < 1.29 is 4.79 Å². The first-order chi connectivity index (χ1) is 8.16. The van der Waals surface area contributed by atoms with Crippen LogP contribution in [0, 0.1) is 13.8 Å². The van der Waals surface area contributed by atoms with Gasteiger partial charge in [-0.25, -0.2) is 0 Å². The number of rotatable bonds is 3. The van der Waals surface area contributed by atoms with Gasteiger partial charge in [-0.2, -0.15) is 0 Å². The second kappa shape index (κ2) is 4.99. The van der Waals surface area contributed by atoms with E-state index in [1.165, 1.54) is 0 Å². The first-order valence-electron chi connectivity index (χ1n) is 5.80. The van der Waals surface area contributed by atoms with Gasteiger partial charge in [0.2, 0.25) is 5.91 Å². The van der Waals surface area contributed by atoms with Crippen molar-refractivity contribution in [1.82, 2.24) is 5.32 Å². The summed E-state index contributed by atoms with van der Waals surface area (Å²) >= 11 is 0. The van der Waals surface area contributed by atoms with Crippen molar-refractivity contribution in [2.24, 2.45) is 4.99 Å². The van der Waals surface area contributed by atoms with Crippen LogP contribution < -0.4 is 10.6 Å². The Bertz CT molecular complexity index is 445. The Balaban J connectivity index is 2.02. The van der Waals surface area contributed by atoms with E-state index >= 15 is 0 Å². The molecule has 0 radical (unpaired) electrons. The summed E-state index contributed by atoms with van der Waals surface area (Å²) in [7, 11) is 0. The van der Waals surface area contributed by atoms with Gasteiger partial charge in [0.25, 0.3) is 0 Å². The number of nitrogens with zero attached hydrogens (tertiary/aromatic N) is 1. The number of amides is 1. The van der Waals surface area contributed by atoms with Crippen LogP contribution in [0.5, 0.6) is 0 Å². The maximum Gasteiger partial charge on any atom is 0.231 e. The lowest BCUT2D eigenvalue weighted by atomic mass is 10.1. The Morgan fingerprint density at radius 1 is 1.41 bits per heavy atom. The van der Waals surface area contributed by atoms with Gasteiger partial charge in [0.15, 0.2) is 0 Å². The van der Waals surface area contributed by atoms with Gasteiger partial charge < -0.3 is 10.6 Å². The van der Waals surface area contributed by atoms with Crippen molar-refractivity contribution in [1.29, 1.82) is 0 Å². The molecule has 1 aliphatic heterocycles. The van der Waals surface area contributed by atoms with E-state index < -0.39 is 0 Å². The van der Waals surface area contributed by atoms with Crippen LogP contribution >= 0.6 is 0 Å². The Morgan fingerprint density at radius 3 is 2.71 bits per heavy atom. The molecule has 4 nitrogen and oxygen atoms in total. The topological polar surface area (TPSA) is 53.5 Å². The fourth-order valence-electron chi connectivity index (χ4n) is 1.91. The van der Waals surface area contributed by atoms with Crippen molar-refractivity contribution in [3.8, 4) is 0 Å². The summed E-state index contributed by atoms with van der Waals surface area (Å²) < 4.78 is 0. The molecule has 0 atom stereocenters. The monoisotopic (exact) mass is 231 g/mol. The summed E-state index contributed by atoms with van der Waals surface area (Å²) in [6.45, 7) is 5.60. The Hall–Kier alpha value is -1.84. The fourth-order valence-corrected chi connectivity index (χ4v) is 1.91. The van der Waals surface area contributed by atoms with Crippen LogP contribution in [0.15, 0.2) is 23.2 Å². The molecular formula is C13H17N3O. The predicted octanol–water partition coefficient (Wildman–Crippen LogP) is 1.63. The molecule has 0 aliphatic carbocycles. The van der Waals surface area contributed by atoms with Gasteiger partial charge in [-0.15, -0.1) is 0 Å². The average molecular weight is 231 g/mol. The Kier molecular flexibility index (Phi) is 3.42. The number of carbonyl (C=O) groups is 1. The molecule has 4 heteroatoms. The fraction of sp³-hybridized carbons (Fsp3) is 0.385. The summed E-state index contributed by atoms with van der Waals surface area (Å²) in [5.41, 5.74) is 3.08. The number of nitrogens with one attached hydrogen (secondary N) is 2. The number of carbonyl (C=O) groups excluding carboxylic acids is 1. The highest BCUT2D eigenvalue weighted by molar-refractivity contribution is 6.06. The van der Waals surface area contributed by atoms with Crippen molar-refractivity contribution >= 4 is 17.4 Å². The zero-order chi connectivity index (χ0) is 12.3. The zero-order valence-electron chi connectivity index (χ0n) is 10.2. The van der Waals surface area contributed by atoms with E-state index in [9.17, 15) is 4.79 Å². The zero-order valence-corrected chi connectivity index (χ0v) is 10.2. The molecule has 1 aromatic rings. The van der Waals surface area contributed by atoms with Crippen LogP contribution in [0.25, 0.3) is 0 Å². The second-order valence-electron chi connectivity index (χ2n) is 4.25. The van der Waals surface area contributed by atoms with E-state index in [1.807, 2.05) is 32.0 Å². The van der Waals surface area contributed by atoms with Crippen LogP contribution in [-0.4, -0.2) is 24.8 Å². The molecule has 2 N–H and O–H groups in total. The Morgan fingerprint density at radius 2 is 2.12 bits per heavy atom. The molecule has 0 bridgehead atoms. The van der Waals surface area contributed by atoms with Crippen LogP contribution in [-0.2, 0) is 4.79 Å². The average Bonchev–Trinajstić information content (AvgIpc) is 2.76. The highest BCUT2D eigenvalue weighted by Gasteiger charge is 2.12. The Labute approximate surface area is 101 Å². The summed E-state index contributed by atoms with van der Waals surface area (Å²) in [6, 6.07) is 5.98. The lowest BCUT2D eigenvalue weighted by Gasteiger charge is -2.11. The molecular weight excluding hydrogens is 214 g/mol. The number of aryl methyl sites for hydroxylation is 2. The number of aliphatic imine (C=N–C) groups is 1. The largest absolute Gasteiger partial charge is 0.372 e. The lowest BCUT2D eigenvalue weighted by Crippen LogP contribution is -2.25. The van der Waals surface area contributed by atoms with Gasteiger partial charge in [-0.1, -0.05) is 18.2 Å². The van der Waals surface area contributed by atoms with E-state index in [4.69, 9.17) is 0 Å². The molecule has 90 valence electrons. The lowest BCUT2D eigenvalue weighted by molar-refractivity contribution is -0.115. The van der Waals surface area contributed by atoms with E-state index in [0.29, 0.717) is 6.42 Å². The number of anilines is 1. The van der Waals surface area contributed by atoms with E-state index in [1.54, 1.807) is 0 Å². The summed E-state index contributed by atoms with van der Waals surface area (Å²) in [5.74, 6) is 0.768. The van der Waals surface area contributed by atoms with Crippen LogP contribution in [0.3, 0.4) is 0 Å². The van der Waals surface area contributed by atoms with Crippen molar-refractivity contribution in [2.75, 3.05) is 18.4 Å². The maximum absolute atomic E-state index is 11.8. The third-order valence-corrected chi connectivity index (χ3v) is 2.82. The number of para-hydroxylation sites is 1. The quantitative estimate of drug-likeness (QED) is 0.830. The van der Waals surface area contributed by atoms with Crippen molar-refractivity contribution in [3.63, 3.8) is 0 Å². The molecule has 0 fully saturated rings. The smallest absolute Gasteiger partial charge is 0.231 e. The highest BCUT2D eigenvalue weighted by atomic mass is 16.1. The SMILES string of the molecule is Cc1cccc(C)c1NC(=O)CC1=NCCN1. The molecule has 17 heavy (non-hydrogen) atoms. The van der Waals surface area contributed by atoms with Gasteiger partial charge in [0.1, 0.15) is 5.84 Å². The minimum Gasteiger partial charge on any atom is -0.372 e. The van der Waals surface area contributed by atoms with Gasteiger partial charge in [0.05, 0.1) is 13.0 Å². The van der Waals surface area contributed by atoms with Crippen LogP contribution in [0.4, 0.5) is 5.69 Å². The van der Waals surface area contributed by atoms with E-state index in [0.717, 1.165) is 35.7 Å². The standard InChI is InChI=1S/C13H17N3O/c1-9-4-3-5-10(2)13(9)16-12(17)8-11-14-6-7-15-11/h3-5H,6-8H2,1-2H3,(H,14,15)(H,16,17).